The first kappa shape index (κ1) is 12.9. The van der Waals surface area contributed by atoms with Gasteiger partial charge in [-0.3, -0.25) is 14.9 Å². The second kappa shape index (κ2) is 5.27. The number of carboxylic acids is 1. The number of halogens is 1. The number of hydrogen-bond donors (Lipinski definition) is 1. The molecule has 6 nitrogen and oxygen atoms in total. The van der Waals surface area contributed by atoms with Crippen molar-refractivity contribution in [1.82, 2.24) is 0 Å². The number of hydrogen-bond acceptors (Lipinski definition) is 4. The van der Waals surface area contributed by atoms with Crippen LogP contribution in [0.3, 0.4) is 0 Å². The van der Waals surface area contributed by atoms with E-state index in [2.05, 4.69) is 0 Å². The number of carboxylic acid groups (broad SMARTS) is 1. The van der Waals surface area contributed by atoms with Crippen molar-refractivity contribution in [3.63, 3.8) is 0 Å². The highest BCUT2D eigenvalue weighted by Crippen LogP contribution is 2.26. The Labute approximate surface area is 101 Å². The molecule has 0 fully saturated rings. The standard InChI is InChI=1S/C10H7ClN2O4/c11-4-8-7(5-12)1-6(3-10(14)15)2-9(8)13(16)17/h1-2H,3-4H2,(H,14,15). The summed E-state index contributed by atoms with van der Waals surface area (Å²) < 4.78 is 0. The van der Waals surface area contributed by atoms with E-state index >= 15 is 0 Å². The Hall–Kier alpha value is -2.13. The highest BCUT2D eigenvalue weighted by molar-refractivity contribution is 6.17. The largest absolute Gasteiger partial charge is 0.481 e. The quantitative estimate of drug-likeness (QED) is 0.501. The van der Waals surface area contributed by atoms with Crippen molar-refractivity contribution in [2.75, 3.05) is 0 Å². The molecule has 0 aliphatic heterocycles. The molecular weight excluding hydrogens is 248 g/mol. The van der Waals surface area contributed by atoms with Crippen LogP contribution in [0.4, 0.5) is 5.69 Å². The summed E-state index contributed by atoms with van der Waals surface area (Å²) in [5.41, 5.74) is 0.0173. The fourth-order valence-electron chi connectivity index (χ4n) is 1.39. The molecule has 0 unspecified atom stereocenters. The predicted molar refractivity (Wildman–Crippen MR) is 58.7 cm³/mol. The maximum absolute atomic E-state index is 10.8. The van der Waals surface area contributed by atoms with Crippen LogP contribution in [0.25, 0.3) is 0 Å². The summed E-state index contributed by atoms with van der Waals surface area (Å²) in [7, 11) is 0. The van der Waals surface area contributed by atoms with Gasteiger partial charge >= 0.3 is 5.97 Å². The smallest absolute Gasteiger partial charge is 0.307 e. The van der Waals surface area contributed by atoms with Crippen LogP contribution in [0.5, 0.6) is 0 Å². The topological polar surface area (TPSA) is 104 Å². The summed E-state index contributed by atoms with van der Waals surface area (Å²) in [6, 6.07) is 4.21. The molecule has 1 N–H and O–H groups in total. The highest BCUT2D eigenvalue weighted by Gasteiger charge is 2.19. The Morgan fingerprint density at radius 1 is 1.59 bits per heavy atom. The van der Waals surface area contributed by atoms with E-state index in [1.54, 1.807) is 6.07 Å². The van der Waals surface area contributed by atoms with Crippen LogP contribution in [0, 0.1) is 21.4 Å². The zero-order valence-corrected chi connectivity index (χ0v) is 9.27. The zero-order valence-electron chi connectivity index (χ0n) is 8.51. The van der Waals surface area contributed by atoms with E-state index in [4.69, 9.17) is 22.0 Å². The van der Waals surface area contributed by atoms with Crippen LogP contribution >= 0.6 is 11.6 Å². The minimum Gasteiger partial charge on any atom is -0.481 e. The van der Waals surface area contributed by atoms with Gasteiger partial charge in [-0.05, 0) is 11.6 Å². The molecule has 0 aromatic heterocycles. The fourth-order valence-corrected chi connectivity index (χ4v) is 1.68. The monoisotopic (exact) mass is 254 g/mol. The van der Waals surface area contributed by atoms with Crippen LogP contribution in [0.15, 0.2) is 12.1 Å². The Morgan fingerprint density at radius 3 is 2.65 bits per heavy atom. The zero-order chi connectivity index (χ0) is 13.0. The summed E-state index contributed by atoms with van der Waals surface area (Å²) in [4.78, 5) is 20.6. The number of nitro groups is 1. The lowest BCUT2D eigenvalue weighted by molar-refractivity contribution is -0.385. The first-order chi connectivity index (χ1) is 7.99. The third-order valence-corrected chi connectivity index (χ3v) is 2.36. The molecule has 0 amide bonds. The predicted octanol–water partition coefficient (Wildman–Crippen LogP) is 1.83. The maximum Gasteiger partial charge on any atom is 0.307 e. The van der Waals surface area contributed by atoms with E-state index in [0.29, 0.717) is 0 Å². The molecule has 88 valence electrons. The lowest BCUT2D eigenvalue weighted by atomic mass is 10.0. The number of nitriles is 1. The number of benzene rings is 1. The Morgan fingerprint density at radius 2 is 2.24 bits per heavy atom. The molecule has 0 spiro atoms. The van der Waals surface area contributed by atoms with Gasteiger partial charge in [0.15, 0.2) is 0 Å². The molecule has 0 saturated heterocycles. The minimum atomic E-state index is -1.12. The summed E-state index contributed by atoms with van der Waals surface area (Å²) in [5.74, 6) is -1.30. The summed E-state index contributed by atoms with van der Waals surface area (Å²) in [6.45, 7) is 0. The highest BCUT2D eigenvalue weighted by atomic mass is 35.5. The summed E-state index contributed by atoms with van der Waals surface area (Å²) >= 11 is 5.55. The number of rotatable bonds is 4. The Bertz CT molecular complexity index is 522. The van der Waals surface area contributed by atoms with Gasteiger partial charge in [-0.1, -0.05) is 0 Å². The number of aliphatic carboxylic acids is 1. The van der Waals surface area contributed by atoms with E-state index < -0.39 is 10.9 Å². The number of alkyl halides is 1. The first-order valence-corrected chi connectivity index (χ1v) is 5.01. The molecule has 0 saturated carbocycles. The molecule has 0 heterocycles. The second-order valence-electron chi connectivity index (χ2n) is 3.21. The second-order valence-corrected chi connectivity index (χ2v) is 3.48. The van der Waals surface area contributed by atoms with Crippen molar-refractivity contribution in [1.29, 1.82) is 5.26 Å². The van der Waals surface area contributed by atoms with E-state index in [0.717, 1.165) is 6.07 Å². The lowest BCUT2D eigenvalue weighted by Gasteiger charge is -2.04. The van der Waals surface area contributed by atoms with Gasteiger partial charge in [-0.2, -0.15) is 5.26 Å². The van der Waals surface area contributed by atoms with Crippen molar-refractivity contribution in [3.8, 4) is 6.07 Å². The van der Waals surface area contributed by atoms with E-state index in [-0.39, 0.29) is 34.7 Å². The number of nitrogens with zero attached hydrogens (tertiary/aromatic N) is 2. The van der Waals surface area contributed by atoms with Crippen LogP contribution in [0.1, 0.15) is 16.7 Å². The van der Waals surface area contributed by atoms with Crippen LogP contribution in [0.2, 0.25) is 0 Å². The maximum atomic E-state index is 10.8. The average molecular weight is 255 g/mol. The van der Waals surface area contributed by atoms with E-state index in [1.165, 1.54) is 6.07 Å². The van der Waals surface area contributed by atoms with Crippen LogP contribution < -0.4 is 0 Å². The van der Waals surface area contributed by atoms with Gasteiger partial charge in [0, 0.05) is 6.07 Å². The molecule has 0 aliphatic rings. The molecule has 0 radical (unpaired) electrons. The van der Waals surface area contributed by atoms with Crippen LogP contribution in [-0.4, -0.2) is 16.0 Å². The van der Waals surface area contributed by atoms with Crippen molar-refractivity contribution in [2.45, 2.75) is 12.3 Å². The van der Waals surface area contributed by atoms with Gasteiger partial charge in [-0.25, -0.2) is 0 Å². The van der Waals surface area contributed by atoms with Crippen molar-refractivity contribution >= 4 is 23.3 Å². The minimum absolute atomic E-state index is 0.0328. The summed E-state index contributed by atoms with van der Waals surface area (Å²) in [5, 5.41) is 28.2. The first-order valence-electron chi connectivity index (χ1n) is 4.47. The third-order valence-electron chi connectivity index (χ3n) is 2.09. The number of nitro benzene ring substituents is 1. The Kier molecular flexibility index (Phi) is 4.01. The molecule has 1 aromatic carbocycles. The van der Waals surface area contributed by atoms with E-state index in [9.17, 15) is 14.9 Å². The van der Waals surface area contributed by atoms with Gasteiger partial charge in [0.2, 0.25) is 0 Å². The van der Waals surface area contributed by atoms with Gasteiger partial charge in [-0.15, -0.1) is 11.6 Å². The molecule has 1 aromatic rings. The van der Waals surface area contributed by atoms with E-state index in [1.807, 2.05) is 0 Å². The molecule has 0 bridgehead atoms. The number of carbonyl (C=O) groups is 1. The van der Waals surface area contributed by atoms with Gasteiger partial charge < -0.3 is 5.11 Å². The SMILES string of the molecule is N#Cc1cc(CC(=O)O)cc([N+](=O)[O-])c1CCl. The normalized spacial score (nSPS) is 9.65. The van der Waals surface area contributed by atoms with Gasteiger partial charge in [0.1, 0.15) is 0 Å². The van der Waals surface area contributed by atoms with Gasteiger partial charge in [0.25, 0.3) is 5.69 Å². The Balaban J connectivity index is 3.41. The molecule has 7 heteroatoms. The van der Waals surface area contributed by atoms with Crippen LogP contribution in [-0.2, 0) is 17.1 Å². The molecule has 1 rings (SSSR count). The van der Waals surface area contributed by atoms with Gasteiger partial charge in [0.05, 0.1) is 34.4 Å². The third kappa shape index (κ3) is 2.92. The van der Waals surface area contributed by atoms with Crippen molar-refractivity contribution in [3.05, 3.63) is 38.9 Å². The van der Waals surface area contributed by atoms with Crippen molar-refractivity contribution in [2.24, 2.45) is 0 Å². The molecule has 0 aliphatic carbocycles. The molecule has 17 heavy (non-hydrogen) atoms. The fraction of sp³-hybridized carbons (Fsp3) is 0.200. The molecule has 0 atom stereocenters. The summed E-state index contributed by atoms with van der Waals surface area (Å²) in [6.07, 6.45) is -0.377. The average Bonchev–Trinajstić information content (AvgIpc) is 2.26. The lowest BCUT2D eigenvalue weighted by Crippen LogP contribution is -2.04. The van der Waals surface area contributed by atoms with Crippen molar-refractivity contribution < 1.29 is 14.8 Å². The molecular formula is C10H7ClN2O4.